The summed E-state index contributed by atoms with van der Waals surface area (Å²) in [6, 6.07) is 19.8. The molecule has 0 saturated heterocycles. The topological polar surface area (TPSA) is 22.1 Å². The SMILES string of the molecule is Cc1ccc2c(c1-c1ccccn1)OC1(Cc3ccccc3C1)C21CCCCC1. The quantitative estimate of drug-likeness (QED) is 0.501. The Morgan fingerprint density at radius 1 is 0.828 bits per heavy atom. The van der Waals surface area contributed by atoms with Gasteiger partial charge in [0.15, 0.2) is 0 Å². The second kappa shape index (κ2) is 6.19. The summed E-state index contributed by atoms with van der Waals surface area (Å²) in [4.78, 5) is 4.70. The molecule has 0 amide bonds. The van der Waals surface area contributed by atoms with E-state index in [1.54, 1.807) is 0 Å². The maximum absolute atomic E-state index is 7.16. The molecule has 6 rings (SSSR count). The number of rotatable bonds is 1. The number of hydrogen-bond acceptors (Lipinski definition) is 2. The molecular formula is C27H27NO. The zero-order valence-electron chi connectivity index (χ0n) is 17.1. The van der Waals surface area contributed by atoms with E-state index in [4.69, 9.17) is 9.72 Å². The van der Waals surface area contributed by atoms with Crippen LogP contribution in [0.3, 0.4) is 0 Å². The monoisotopic (exact) mass is 381 g/mol. The van der Waals surface area contributed by atoms with Crippen LogP contribution in [0.2, 0.25) is 0 Å². The van der Waals surface area contributed by atoms with Gasteiger partial charge in [-0.2, -0.15) is 0 Å². The lowest BCUT2D eigenvalue weighted by atomic mass is 9.59. The fourth-order valence-corrected chi connectivity index (χ4v) is 6.40. The number of fused-ring (bicyclic) bond motifs is 4. The van der Waals surface area contributed by atoms with Gasteiger partial charge >= 0.3 is 0 Å². The molecule has 146 valence electrons. The fraction of sp³-hybridized carbons (Fsp3) is 0.370. The number of ether oxygens (including phenoxy) is 1. The van der Waals surface area contributed by atoms with Crippen molar-refractivity contribution >= 4 is 0 Å². The highest BCUT2D eigenvalue weighted by Crippen LogP contribution is 2.62. The minimum Gasteiger partial charge on any atom is -0.485 e. The first-order chi connectivity index (χ1) is 14.2. The first kappa shape index (κ1) is 17.3. The van der Waals surface area contributed by atoms with Crippen LogP contribution in [0.1, 0.15) is 54.4 Å². The smallest absolute Gasteiger partial charge is 0.133 e. The van der Waals surface area contributed by atoms with Crippen molar-refractivity contribution in [3.8, 4) is 17.0 Å². The molecule has 1 aromatic heterocycles. The molecule has 2 spiro atoms. The van der Waals surface area contributed by atoms with Gasteiger partial charge in [0.05, 0.1) is 5.69 Å². The van der Waals surface area contributed by atoms with Crippen molar-refractivity contribution in [1.29, 1.82) is 0 Å². The normalized spacial score (nSPS) is 20.4. The van der Waals surface area contributed by atoms with Crippen molar-refractivity contribution in [2.24, 2.45) is 0 Å². The van der Waals surface area contributed by atoms with Gasteiger partial charge in [0.25, 0.3) is 0 Å². The number of nitrogens with zero attached hydrogens (tertiary/aromatic N) is 1. The van der Waals surface area contributed by atoms with Gasteiger partial charge in [-0.05, 0) is 48.6 Å². The fourth-order valence-electron chi connectivity index (χ4n) is 6.40. The standard InChI is InChI=1S/C27H27NO/c1-19-12-13-22-25(24(19)23-11-5-8-16-28-23)29-27(26(22)14-6-2-7-15-26)17-20-9-3-4-10-21(20)18-27/h3-5,8-13,16H,2,6-7,14-15,17-18H2,1H3. The molecule has 0 N–H and O–H groups in total. The van der Waals surface area contributed by atoms with Crippen LogP contribution in [-0.2, 0) is 18.3 Å². The van der Waals surface area contributed by atoms with E-state index in [0.717, 1.165) is 24.3 Å². The molecule has 2 nitrogen and oxygen atoms in total. The van der Waals surface area contributed by atoms with Gasteiger partial charge in [-0.25, -0.2) is 0 Å². The number of hydrogen-bond donors (Lipinski definition) is 0. The minimum absolute atomic E-state index is 0.122. The third-order valence-electron chi connectivity index (χ3n) is 7.75. The molecule has 0 atom stereocenters. The number of aryl methyl sites for hydroxylation is 1. The second-order valence-electron chi connectivity index (χ2n) is 9.21. The lowest BCUT2D eigenvalue weighted by Crippen LogP contribution is -2.53. The largest absolute Gasteiger partial charge is 0.485 e. The van der Waals surface area contributed by atoms with Crippen LogP contribution >= 0.6 is 0 Å². The van der Waals surface area contributed by atoms with E-state index in [1.165, 1.54) is 59.9 Å². The second-order valence-corrected chi connectivity index (χ2v) is 9.21. The number of aromatic nitrogens is 1. The molecule has 0 bridgehead atoms. The molecule has 2 aromatic carbocycles. The average molecular weight is 382 g/mol. The van der Waals surface area contributed by atoms with Crippen LogP contribution < -0.4 is 4.74 Å². The average Bonchev–Trinajstić information content (AvgIpc) is 3.25. The van der Waals surface area contributed by atoms with Crippen molar-refractivity contribution in [1.82, 2.24) is 4.98 Å². The van der Waals surface area contributed by atoms with Crippen molar-refractivity contribution in [3.05, 3.63) is 83.0 Å². The minimum atomic E-state index is -0.142. The van der Waals surface area contributed by atoms with Crippen molar-refractivity contribution in [2.75, 3.05) is 0 Å². The van der Waals surface area contributed by atoms with Crippen LogP contribution in [0, 0.1) is 6.92 Å². The first-order valence-corrected chi connectivity index (χ1v) is 11.0. The van der Waals surface area contributed by atoms with Crippen molar-refractivity contribution in [2.45, 2.75) is 62.9 Å². The Bertz CT molecular complexity index is 1050. The first-order valence-electron chi connectivity index (χ1n) is 11.0. The summed E-state index contributed by atoms with van der Waals surface area (Å²) in [7, 11) is 0. The van der Waals surface area contributed by atoms with Gasteiger partial charge in [-0.1, -0.05) is 61.7 Å². The lowest BCUT2D eigenvalue weighted by Gasteiger charge is -2.45. The van der Waals surface area contributed by atoms with Gasteiger partial charge < -0.3 is 4.74 Å². The Labute approximate surface area is 173 Å². The van der Waals surface area contributed by atoms with Crippen LogP contribution in [0.25, 0.3) is 11.3 Å². The zero-order valence-corrected chi connectivity index (χ0v) is 17.1. The van der Waals surface area contributed by atoms with Crippen LogP contribution in [0.5, 0.6) is 5.75 Å². The van der Waals surface area contributed by atoms with Gasteiger partial charge in [0.2, 0.25) is 0 Å². The summed E-state index contributed by atoms with van der Waals surface area (Å²) in [5.74, 6) is 1.11. The lowest BCUT2D eigenvalue weighted by molar-refractivity contribution is 0.00627. The van der Waals surface area contributed by atoms with Gasteiger partial charge in [0.1, 0.15) is 11.4 Å². The van der Waals surface area contributed by atoms with E-state index in [1.807, 2.05) is 12.3 Å². The zero-order chi connectivity index (χ0) is 19.5. The number of benzene rings is 2. The summed E-state index contributed by atoms with van der Waals surface area (Å²) in [6.45, 7) is 2.19. The number of pyridine rings is 1. The van der Waals surface area contributed by atoms with Gasteiger partial charge in [-0.15, -0.1) is 0 Å². The van der Waals surface area contributed by atoms with E-state index < -0.39 is 0 Å². The van der Waals surface area contributed by atoms with Crippen LogP contribution in [0.15, 0.2) is 60.8 Å². The molecule has 1 saturated carbocycles. The van der Waals surface area contributed by atoms with Gasteiger partial charge in [-0.3, -0.25) is 4.98 Å². The maximum atomic E-state index is 7.16. The predicted octanol–water partition coefficient (Wildman–Crippen LogP) is 6.19. The van der Waals surface area contributed by atoms with Crippen molar-refractivity contribution < 1.29 is 4.74 Å². The molecule has 0 radical (unpaired) electrons. The Morgan fingerprint density at radius 3 is 2.24 bits per heavy atom. The molecule has 1 fully saturated rings. The predicted molar refractivity (Wildman–Crippen MR) is 116 cm³/mol. The summed E-state index contributed by atoms with van der Waals surface area (Å²) < 4.78 is 7.16. The van der Waals surface area contributed by atoms with E-state index in [-0.39, 0.29) is 11.0 Å². The molecule has 2 heterocycles. The summed E-state index contributed by atoms with van der Waals surface area (Å²) in [5.41, 5.74) is 7.84. The highest BCUT2D eigenvalue weighted by Gasteiger charge is 2.62. The molecule has 3 aliphatic rings. The molecule has 29 heavy (non-hydrogen) atoms. The van der Waals surface area contributed by atoms with E-state index >= 15 is 0 Å². The Morgan fingerprint density at radius 2 is 1.55 bits per heavy atom. The highest BCUT2D eigenvalue weighted by atomic mass is 16.5. The van der Waals surface area contributed by atoms with E-state index in [0.29, 0.717) is 0 Å². The van der Waals surface area contributed by atoms with Crippen LogP contribution in [0.4, 0.5) is 0 Å². The molecule has 0 unspecified atom stereocenters. The summed E-state index contributed by atoms with van der Waals surface area (Å²) in [5, 5.41) is 0. The Hall–Kier alpha value is -2.61. The Kier molecular flexibility index (Phi) is 3.69. The van der Waals surface area contributed by atoms with Gasteiger partial charge in [0, 0.05) is 35.6 Å². The van der Waals surface area contributed by atoms with Crippen molar-refractivity contribution in [3.63, 3.8) is 0 Å². The molecular weight excluding hydrogens is 354 g/mol. The van der Waals surface area contributed by atoms with E-state index in [2.05, 4.69) is 55.5 Å². The molecule has 3 aromatic rings. The van der Waals surface area contributed by atoms with E-state index in [9.17, 15) is 0 Å². The van der Waals surface area contributed by atoms with Crippen LogP contribution in [-0.4, -0.2) is 10.6 Å². The third-order valence-corrected chi connectivity index (χ3v) is 7.75. The Balaban J connectivity index is 1.57. The molecule has 2 heteroatoms. The summed E-state index contributed by atoms with van der Waals surface area (Å²) in [6.07, 6.45) is 10.4. The summed E-state index contributed by atoms with van der Waals surface area (Å²) >= 11 is 0. The maximum Gasteiger partial charge on any atom is 0.133 e. The molecule has 2 aliphatic carbocycles. The highest BCUT2D eigenvalue weighted by molar-refractivity contribution is 5.76. The third kappa shape index (κ3) is 2.32. The molecule has 1 aliphatic heterocycles.